The number of aromatic nitrogens is 1. The lowest BCUT2D eigenvalue weighted by Gasteiger charge is -2.23. The summed E-state index contributed by atoms with van der Waals surface area (Å²) in [5.74, 6) is 0.943. The number of nitrogens with one attached hydrogen (secondary N) is 2. The first-order valence-corrected chi connectivity index (χ1v) is 8.98. The van der Waals surface area contributed by atoms with Crippen molar-refractivity contribution in [2.45, 2.75) is 46.7 Å². The van der Waals surface area contributed by atoms with Crippen LogP contribution in [0.15, 0.2) is 48.7 Å². The van der Waals surface area contributed by atoms with Crippen LogP contribution in [-0.2, 0) is 13.0 Å². The van der Waals surface area contributed by atoms with Crippen LogP contribution in [0.4, 0.5) is 4.79 Å². The molecular weight excluding hydrogens is 310 g/mol. The topological polar surface area (TPSA) is 54.0 Å². The molecule has 2 amide bonds. The second kappa shape index (κ2) is 9.21. The Labute approximate surface area is 151 Å². The van der Waals surface area contributed by atoms with E-state index in [1.165, 1.54) is 5.56 Å². The van der Waals surface area contributed by atoms with E-state index in [-0.39, 0.29) is 12.1 Å². The molecule has 0 aliphatic rings. The van der Waals surface area contributed by atoms with Crippen molar-refractivity contribution in [1.82, 2.24) is 15.6 Å². The van der Waals surface area contributed by atoms with E-state index in [9.17, 15) is 4.79 Å². The standard InChI is InChI=1S/C21H29N3O/c1-15(2)13-17-8-10-18(11-9-17)20(16(3)4)24-21(25)23-14-19-7-5-6-12-22-19/h5-12,15-16,20H,13-14H2,1-4H3,(H2,23,24,25)/t20-/m1/s1. The molecule has 0 bridgehead atoms. The minimum Gasteiger partial charge on any atom is -0.332 e. The number of amides is 2. The zero-order valence-electron chi connectivity index (χ0n) is 15.6. The quantitative estimate of drug-likeness (QED) is 0.781. The summed E-state index contributed by atoms with van der Waals surface area (Å²) in [6.45, 7) is 9.10. The predicted molar refractivity (Wildman–Crippen MR) is 102 cm³/mol. The molecule has 25 heavy (non-hydrogen) atoms. The number of rotatable bonds is 7. The monoisotopic (exact) mass is 339 g/mol. The molecule has 1 heterocycles. The van der Waals surface area contributed by atoms with Crippen LogP contribution < -0.4 is 10.6 Å². The molecule has 0 spiro atoms. The van der Waals surface area contributed by atoms with E-state index in [0.29, 0.717) is 18.4 Å². The van der Waals surface area contributed by atoms with Gasteiger partial charge in [0.15, 0.2) is 0 Å². The van der Waals surface area contributed by atoms with Gasteiger partial charge in [0, 0.05) is 6.20 Å². The van der Waals surface area contributed by atoms with Crippen LogP contribution in [0.1, 0.15) is 50.6 Å². The molecule has 2 rings (SSSR count). The second-order valence-corrected chi connectivity index (χ2v) is 7.21. The average Bonchev–Trinajstić information content (AvgIpc) is 2.59. The van der Waals surface area contributed by atoms with Gasteiger partial charge in [-0.25, -0.2) is 4.79 Å². The molecule has 0 saturated carbocycles. The van der Waals surface area contributed by atoms with Crippen LogP contribution in [0.5, 0.6) is 0 Å². The van der Waals surface area contributed by atoms with E-state index in [0.717, 1.165) is 17.7 Å². The Kier molecular flexibility index (Phi) is 6.99. The van der Waals surface area contributed by atoms with Crippen LogP contribution >= 0.6 is 0 Å². The number of urea groups is 1. The van der Waals surface area contributed by atoms with Crippen LogP contribution in [0.3, 0.4) is 0 Å². The van der Waals surface area contributed by atoms with Crippen molar-refractivity contribution in [2.75, 3.05) is 0 Å². The minimum absolute atomic E-state index is 0.0168. The van der Waals surface area contributed by atoms with Crippen molar-refractivity contribution in [3.8, 4) is 0 Å². The van der Waals surface area contributed by atoms with Gasteiger partial charge in [0.25, 0.3) is 0 Å². The van der Waals surface area contributed by atoms with E-state index in [1.807, 2.05) is 18.2 Å². The summed E-state index contributed by atoms with van der Waals surface area (Å²) in [6, 6.07) is 14.1. The summed E-state index contributed by atoms with van der Waals surface area (Å²) in [6.07, 6.45) is 2.80. The van der Waals surface area contributed by atoms with E-state index in [1.54, 1.807) is 6.20 Å². The highest BCUT2D eigenvalue weighted by atomic mass is 16.2. The molecule has 2 aromatic rings. The summed E-state index contributed by atoms with van der Waals surface area (Å²) >= 11 is 0. The maximum Gasteiger partial charge on any atom is 0.315 e. The average molecular weight is 339 g/mol. The number of carbonyl (C=O) groups is 1. The molecule has 134 valence electrons. The molecule has 1 aromatic heterocycles. The van der Waals surface area contributed by atoms with Gasteiger partial charge in [0.05, 0.1) is 18.3 Å². The van der Waals surface area contributed by atoms with Gasteiger partial charge >= 0.3 is 6.03 Å². The molecule has 0 saturated heterocycles. The van der Waals surface area contributed by atoms with Crippen molar-refractivity contribution >= 4 is 6.03 Å². The van der Waals surface area contributed by atoms with Crippen LogP contribution in [0, 0.1) is 11.8 Å². The van der Waals surface area contributed by atoms with Crippen molar-refractivity contribution in [2.24, 2.45) is 11.8 Å². The summed E-state index contributed by atoms with van der Waals surface area (Å²) in [4.78, 5) is 16.5. The van der Waals surface area contributed by atoms with Crippen LogP contribution in [-0.4, -0.2) is 11.0 Å². The van der Waals surface area contributed by atoms with Gasteiger partial charge in [-0.05, 0) is 41.5 Å². The number of hydrogen-bond donors (Lipinski definition) is 2. The first kappa shape index (κ1) is 19.0. The smallest absolute Gasteiger partial charge is 0.315 e. The molecule has 1 aromatic carbocycles. The fourth-order valence-corrected chi connectivity index (χ4v) is 2.83. The lowest BCUT2D eigenvalue weighted by molar-refractivity contribution is 0.232. The number of hydrogen-bond acceptors (Lipinski definition) is 2. The van der Waals surface area contributed by atoms with E-state index in [4.69, 9.17) is 0 Å². The third-order valence-electron chi connectivity index (χ3n) is 4.09. The van der Waals surface area contributed by atoms with Crippen molar-refractivity contribution in [3.05, 3.63) is 65.5 Å². The zero-order chi connectivity index (χ0) is 18.2. The number of nitrogens with zero attached hydrogens (tertiary/aromatic N) is 1. The Hall–Kier alpha value is -2.36. The molecule has 0 aliphatic heterocycles. The largest absolute Gasteiger partial charge is 0.332 e. The molecule has 0 unspecified atom stereocenters. The van der Waals surface area contributed by atoms with Gasteiger partial charge in [0.1, 0.15) is 0 Å². The first-order chi connectivity index (χ1) is 12.0. The van der Waals surface area contributed by atoms with Crippen molar-refractivity contribution in [1.29, 1.82) is 0 Å². The summed E-state index contributed by atoms with van der Waals surface area (Å²) < 4.78 is 0. The van der Waals surface area contributed by atoms with Gasteiger partial charge in [-0.15, -0.1) is 0 Å². The summed E-state index contributed by atoms with van der Waals surface area (Å²) in [5.41, 5.74) is 3.31. The number of carbonyl (C=O) groups excluding carboxylic acids is 1. The number of benzene rings is 1. The highest BCUT2D eigenvalue weighted by Gasteiger charge is 2.18. The summed E-state index contributed by atoms with van der Waals surface area (Å²) in [5, 5.41) is 5.96. The lowest BCUT2D eigenvalue weighted by atomic mass is 9.94. The molecule has 1 atom stereocenters. The third-order valence-corrected chi connectivity index (χ3v) is 4.09. The Morgan fingerprint density at radius 1 is 1.04 bits per heavy atom. The normalized spacial score (nSPS) is 12.2. The molecule has 4 heteroatoms. The fraction of sp³-hybridized carbons (Fsp3) is 0.429. The van der Waals surface area contributed by atoms with Crippen molar-refractivity contribution < 1.29 is 4.79 Å². The molecule has 4 nitrogen and oxygen atoms in total. The maximum atomic E-state index is 12.3. The Morgan fingerprint density at radius 3 is 2.32 bits per heavy atom. The van der Waals surface area contributed by atoms with E-state index in [2.05, 4.69) is 67.6 Å². The van der Waals surface area contributed by atoms with E-state index >= 15 is 0 Å². The Morgan fingerprint density at radius 2 is 1.76 bits per heavy atom. The van der Waals surface area contributed by atoms with Gasteiger partial charge in [-0.2, -0.15) is 0 Å². The van der Waals surface area contributed by atoms with Gasteiger partial charge in [0.2, 0.25) is 0 Å². The van der Waals surface area contributed by atoms with Crippen LogP contribution in [0.2, 0.25) is 0 Å². The maximum absolute atomic E-state index is 12.3. The highest BCUT2D eigenvalue weighted by Crippen LogP contribution is 2.22. The number of pyridine rings is 1. The summed E-state index contributed by atoms with van der Waals surface area (Å²) in [7, 11) is 0. The minimum atomic E-state index is -0.171. The van der Waals surface area contributed by atoms with Gasteiger partial charge in [-0.1, -0.05) is 58.0 Å². The predicted octanol–water partition coefficient (Wildman–Crippen LogP) is 4.48. The van der Waals surface area contributed by atoms with Crippen molar-refractivity contribution in [3.63, 3.8) is 0 Å². The zero-order valence-corrected chi connectivity index (χ0v) is 15.6. The Balaban J connectivity index is 1.96. The first-order valence-electron chi connectivity index (χ1n) is 8.98. The second-order valence-electron chi connectivity index (χ2n) is 7.21. The molecule has 2 N–H and O–H groups in total. The lowest BCUT2D eigenvalue weighted by Crippen LogP contribution is -2.39. The molecule has 0 fully saturated rings. The molecule has 0 aliphatic carbocycles. The van der Waals surface area contributed by atoms with Gasteiger partial charge < -0.3 is 10.6 Å². The SMILES string of the molecule is CC(C)Cc1ccc([C@H](NC(=O)NCc2ccccn2)C(C)C)cc1. The Bertz CT molecular complexity index is 651. The molecular formula is C21H29N3O. The highest BCUT2D eigenvalue weighted by molar-refractivity contribution is 5.74. The fourth-order valence-electron chi connectivity index (χ4n) is 2.83. The third kappa shape index (κ3) is 6.22. The van der Waals surface area contributed by atoms with Crippen LogP contribution in [0.25, 0.3) is 0 Å². The molecule has 0 radical (unpaired) electrons. The van der Waals surface area contributed by atoms with Gasteiger partial charge in [-0.3, -0.25) is 4.98 Å². The van der Waals surface area contributed by atoms with E-state index < -0.39 is 0 Å².